The van der Waals surface area contributed by atoms with E-state index in [9.17, 15) is 10.2 Å². The molecule has 0 aliphatic carbocycles. The zero-order chi connectivity index (χ0) is 14.5. The monoisotopic (exact) mass is 311 g/mol. The van der Waals surface area contributed by atoms with E-state index in [2.05, 4.69) is 5.32 Å². The topological polar surface area (TPSA) is 52.5 Å². The number of hydrogen-bond acceptors (Lipinski definition) is 3. The van der Waals surface area contributed by atoms with Crippen molar-refractivity contribution in [3.63, 3.8) is 0 Å². The summed E-state index contributed by atoms with van der Waals surface area (Å²) in [7, 11) is 0. The van der Waals surface area contributed by atoms with Crippen molar-refractivity contribution in [2.24, 2.45) is 0 Å². The highest BCUT2D eigenvalue weighted by Gasteiger charge is 2.12. The van der Waals surface area contributed by atoms with Crippen LogP contribution in [0.4, 0.5) is 0 Å². The Morgan fingerprint density at radius 3 is 2.60 bits per heavy atom. The Balaban J connectivity index is 1.94. The molecule has 0 aliphatic rings. The van der Waals surface area contributed by atoms with Gasteiger partial charge in [0.05, 0.1) is 6.10 Å². The molecule has 0 aliphatic heterocycles. The summed E-state index contributed by atoms with van der Waals surface area (Å²) in [5, 5.41) is 23.8. The molecule has 0 amide bonds. The van der Waals surface area contributed by atoms with E-state index >= 15 is 0 Å². The fourth-order valence-corrected chi connectivity index (χ4v) is 2.31. The van der Waals surface area contributed by atoms with E-state index in [-0.39, 0.29) is 5.75 Å². The van der Waals surface area contributed by atoms with Gasteiger partial charge in [0.1, 0.15) is 5.75 Å². The molecule has 0 saturated carbocycles. The molecular weight excluding hydrogens is 297 g/mol. The van der Waals surface area contributed by atoms with Crippen LogP contribution in [0, 0.1) is 0 Å². The molecule has 2 aromatic rings. The van der Waals surface area contributed by atoms with Crippen LogP contribution in [0.3, 0.4) is 0 Å². The predicted octanol–water partition coefficient (Wildman–Crippen LogP) is 3.52. The highest BCUT2D eigenvalue weighted by molar-refractivity contribution is 6.33. The Morgan fingerprint density at radius 1 is 1.10 bits per heavy atom. The minimum Gasteiger partial charge on any atom is -0.508 e. The van der Waals surface area contributed by atoms with Crippen LogP contribution < -0.4 is 5.32 Å². The molecule has 2 rings (SSSR count). The summed E-state index contributed by atoms with van der Waals surface area (Å²) < 4.78 is 0. The Morgan fingerprint density at radius 2 is 1.85 bits per heavy atom. The highest BCUT2D eigenvalue weighted by atomic mass is 35.5. The van der Waals surface area contributed by atoms with Crippen molar-refractivity contribution in [1.29, 1.82) is 0 Å². The highest BCUT2D eigenvalue weighted by Crippen LogP contribution is 2.26. The second kappa shape index (κ2) is 6.95. The number of benzene rings is 2. The summed E-state index contributed by atoms with van der Waals surface area (Å²) in [6.07, 6.45) is -0.757. The standard InChI is InChI=1S/C15H15Cl2NO2/c16-11-5-6-13(17)12(7-11)15(20)9-18-8-10-3-1-2-4-14(10)19/h1-7,15,18-20H,8-9H2. The van der Waals surface area contributed by atoms with Gasteiger partial charge in [-0.3, -0.25) is 0 Å². The van der Waals surface area contributed by atoms with E-state index in [1.807, 2.05) is 12.1 Å². The molecule has 0 saturated heterocycles. The van der Waals surface area contributed by atoms with Gasteiger partial charge in [0.15, 0.2) is 0 Å². The summed E-state index contributed by atoms with van der Waals surface area (Å²) in [6.45, 7) is 0.774. The van der Waals surface area contributed by atoms with Gasteiger partial charge in [-0.25, -0.2) is 0 Å². The molecule has 1 unspecified atom stereocenters. The maximum atomic E-state index is 10.1. The van der Waals surface area contributed by atoms with Gasteiger partial charge in [0.25, 0.3) is 0 Å². The third-order valence-electron chi connectivity index (χ3n) is 2.96. The van der Waals surface area contributed by atoms with E-state index in [0.29, 0.717) is 28.7 Å². The average Bonchev–Trinajstić information content (AvgIpc) is 2.43. The summed E-state index contributed by atoms with van der Waals surface area (Å²) in [5.41, 5.74) is 1.36. The Bertz CT molecular complexity index is 590. The number of aliphatic hydroxyl groups excluding tert-OH is 1. The Labute approximate surface area is 127 Å². The zero-order valence-corrected chi connectivity index (χ0v) is 12.2. The fraction of sp³-hybridized carbons (Fsp3) is 0.200. The summed E-state index contributed by atoms with van der Waals surface area (Å²) >= 11 is 11.9. The van der Waals surface area contributed by atoms with Crippen molar-refractivity contribution in [3.8, 4) is 5.75 Å². The maximum Gasteiger partial charge on any atom is 0.120 e. The second-order valence-corrected chi connectivity index (χ2v) is 5.28. The van der Waals surface area contributed by atoms with Crippen molar-refractivity contribution in [2.75, 3.05) is 6.54 Å². The van der Waals surface area contributed by atoms with E-state index in [4.69, 9.17) is 23.2 Å². The molecule has 5 heteroatoms. The van der Waals surface area contributed by atoms with Gasteiger partial charge in [0, 0.05) is 34.3 Å². The molecule has 106 valence electrons. The first-order chi connectivity index (χ1) is 9.58. The van der Waals surface area contributed by atoms with Crippen molar-refractivity contribution in [1.82, 2.24) is 5.32 Å². The molecule has 0 fully saturated rings. The van der Waals surface area contributed by atoms with E-state index < -0.39 is 6.10 Å². The van der Waals surface area contributed by atoms with Crippen LogP contribution in [-0.4, -0.2) is 16.8 Å². The van der Waals surface area contributed by atoms with E-state index in [0.717, 1.165) is 5.56 Å². The number of phenolic OH excluding ortho intramolecular Hbond substituents is 1. The second-order valence-electron chi connectivity index (χ2n) is 4.44. The van der Waals surface area contributed by atoms with Gasteiger partial charge in [-0.15, -0.1) is 0 Å². The number of aliphatic hydroxyl groups is 1. The molecule has 3 N–H and O–H groups in total. The fourth-order valence-electron chi connectivity index (χ4n) is 1.88. The third-order valence-corrected chi connectivity index (χ3v) is 3.54. The number of aromatic hydroxyl groups is 1. The lowest BCUT2D eigenvalue weighted by atomic mass is 10.1. The number of halogens is 2. The van der Waals surface area contributed by atoms with E-state index in [1.165, 1.54) is 0 Å². The van der Waals surface area contributed by atoms with Gasteiger partial charge in [-0.1, -0.05) is 41.4 Å². The van der Waals surface area contributed by atoms with Crippen LogP contribution >= 0.6 is 23.2 Å². The molecule has 0 bridgehead atoms. The van der Waals surface area contributed by atoms with Gasteiger partial charge >= 0.3 is 0 Å². The lowest BCUT2D eigenvalue weighted by molar-refractivity contribution is 0.174. The number of nitrogens with one attached hydrogen (secondary N) is 1. The molecule has 2 aromatic carbocycles. The van der Waals surface area contributed by atoms with Crippen molar-refractivity contribution < 1.29 is 10.2 Å². The Hall–Kier alpha value is -1.26. The third kappa shape index (κ3) is 3.87. The van der Waals surface area contributed by atoms with Gasteiger partial charge < -0.3 is 15.5 Å². The van der Waals surface area contributed by atoms with Crippen LogP contribution in [0.5, 0.6) is 5.75 Å². The lowest BCUT2D eigenvalue weighted by Crippen LogP contribution is -2.21. The smallest absolute Gasteiger partial charge is 0.120 e. The number of rotatable bonds is 5. The molecule has 3 nitrogen and oxygen atoms in total. The van der Waals surface area contributed by atoms with Crippen LogP contribution in [0.15, 0.2) is 42.5 Å². The SMILES string of the molecule is Oc1ccccc1CNCC(O)c1cc(Cl)ccc1Cl. The van der Waals surface area contributed by atoms with Crippen molar-refractivity contribution in [3.05, 3.63) is 63.6 Å². The number of phenols is 1. The summed E-state index contributed by atoms with van der Waals surface area (Å²) in [6, 6.07) is 12.0. The van der Waals surface area contributed by atoms with Crippen LogP contribution in [-0.2, 0) is 6.54 Å². The molecule has 0 radical (unpaired) electrons. The minimum atomic E-state index is -0.757. The largest absolute Gasteiger partial charge is 0.508 e. The molecule has 0 aromatic heterocycles. The van der Waals surface area contributed by atoms with Gasteiger partial charge in [0.2, 0.25) is 0 Å². The van der Waals surface area contributed by atoms with Crippen LogP contribution in [0.1, 0.15) is 17.2 Å². The van der Waals surface area contributed by atoms with Crippen LogP contribution in [0.25, 0.3) is 0 Å². The maximum absolute atomic E-state index is 10.1. The lowest BCUT2D eigenvalue weighted by Gasteiger charge is -2.14. The first-order valence-electron chi connectivity index (χ1n) is 6.18. The first kappa shape index (κ1) is 15.1. The minimum absolute atomic E-state index is 0.232. The number of para-hydroxylation sites is 1. The van der Waals surface area contributed by atoms with Gasteiger partial charge in [-0.2, -0.15) is 0 Å². The van der Waals surface area contributed by atoms with Crippen molar-refractivity contribution >= 4 is 23.2 Å². The molecule has 20 heavy (non-hydrogen) atoms. The summed E-state index contributed by atoms with van der Waals surface area (Å²) in [5.74, 6) is 0.232. The normalized spacial score (nSPS) is 12.3. The average molecular weight is 312 g/mol. The number of hydrogen-bond donors (Lipinski definition) is 3. The molecule has 0 heterocycles. The molecule has 1 atom stereocenters. The van der Waals surface area contributed by atoms with Gasteiger partial charge in [-0.05, 0) is 24.3 Å². The molecular formula is C15H15Cl2NO2. The van der Waals surface area contributed by atoms with E-state index in [1.54, 1.807) is 30.3 Å². The molecule has 0 spiro atoms. The predicted molar refractivity (Wildman–Crippen MR) is 81.2 cm³/mol. The quantitative estimate of drug-likeness (QED) is 0.792. The zero-order valence-electron chi connectivity index (χ0n) is 10.7. The summed E-state index contributed by atoms with van der Waals surface area (Å²) in [4.78, 5) is 0. The van der Waals surface area contributed by atoms with Crippen molar-refractivity contribution in [2.45, 2.75) is 12.6 Å². The Kier molecular flexibility index (Phi) is 5.26. The van der Waals surface area contributed by atoms with Crippen LogP contribution in [0.2, 0.25) is 10.0 Å². The first-order valence-corrected chi connectivity index (χ1v) is 6.94.